The molecule has 1 aromatic heterocycles. The second-order valence-corrected chi connectivity index (χ2v) is 5.68. The smallest absolute Gasteiger partial charge is 0.224 e. The van der Waals surface area contributed by atoms with Gasteiger partial charge in [-0.1, -0.05) is 48.5 Å². The Kier molecular flexibility index (Phi) is 4.44. The standard InChI is InChI=1S/C19H20N2O2/c1-13(22)19-16(15-9-5-6-10-17(15)21-19)11-18(23)20-12-14-7-3-2-4-8-14/h2-10,13,21-22H,11-12H2,1H3,(H,20,23). The van der Waals surface area contributed by atoms with Crippen molar-refractivity contribution in [1.29, 1.82) is 0 Å². The number of aromatic nitrogens is 1. The number of fused-ring (bicyclic) bond motifs is 1. The van der Waals surface area contributed by atoms with E-state index in [4.69, 9.17) is 0 Å². The van der Waals surface area contributed by atoms with Gasteiger partial charge >= 0.3 is 0 Å². The van der Waals surface area contributed by atoms with Crippen LogP contribution >= 0.6 is 0 Å². The van der Waals surface area contributed by atoms with Gasteiger partial charge in [0.05, 0.1) is 12.5 Å². The van der Waals surface area contributed by atoms with Gasteiger partial charge in [-0.05, 0) is 24.1 Å². The number of amides is 1. The van der Waals surface area contributed by atoms with Crippen LogP contribution in [0, 0.1) is 0 Å². The first-order valence-corrected chi connectivity index (χ1v) is 7.73. The number of para-hydroxylation sites is 1. The summed E-state index contributed by atoms with van der Waals surface area (Å²) in [5.74, 6) is -0.0551. The maximum atomic E-state index is 12.3. The van der Waals surface area contributed by atoms with Gasteiger partial charge in [-0.2, -0.15) is 0 Å². The Balaban J connectivity index is 1.77. The molecule has 4 heteroatoms. The second kappa shape index (κ2) is 6.67. The van der Waals surface area contributed by atoms with Crippen molar-refractivity contribution in [2.45, 2.75) is 26.0 Å². The molecular formula is C19H20N2O2. The largest absolute Gasteiger partial charge is 0.387 e. The third-order valence-corrected chi connectivity index (χ3v) is 3.93. The molecule has 0 radical (unpaired) electrons. The normalized spacial score (nSPS) is 12.3. The van der Waals surface area contributed by atoms with Crippen molar-refractivity contribution < 1.29 is 9.90 Å². The molecule has 4 nitrogen and oxygen atoms in total. The predicted molar refractivity (Wildman–Crippen MR) is 90.9 cm³/mol. The van der Waals surface area contributed by atoms with Crippen molar-refractivity contribution in [3.63, 3.8) is 0 Å². The molecule has 0 bridgehead atoms. The molecule has 0 spiro atoms. The van der Waals surface area contributed by atoms with E-state index in [1.165, 1.54) is 0 Å². The summed E-state index contributed by atoms with van der Waals surface area (Å²) in [4.78, 5) is 15.5. The van der Waals surface area contributed by atoms with Crippen molar-refractivity contribution in [2.24, 2.45) is 0 Å². The summed E-state index contributed by atoms with van der Waals surface area (Å²) in [5, 5.41) is 13.9. The molecule has 1 heterocycles. The van der Waals surface area contributed by atoms with Gasteiger partial charge in [-0.15, -0.1) is 0 Å². The lowest BCUT2D eigenvalue weighted by Gasteiger charge is -2.08. The Bertz CT molecular complexity index is 807. The Labute approximate surface area is 135 Å². The minimum Gasteiger partial charge on any atom is -0.387 e. The molecule has 1 atom stereocenters. The Hall–Kier alpha value is -2.59. The highest BCUT2D eigenvalue weighted by Gasteiger charge is 2.17. The third-order valence-electron chi connectivity index (χ3n) is 3.93. The molecule has 3 aromatic rings. The van der Waals surface area contributed by atoms with Gasteiger partial charge < -0.3 is 15.4 Å². The lowest BCUT2D eigenvalue weighted by molar-refractivity contribution is -0.120. The molecule has 2 aromatic carbocycles. The van der Waals surface area contributed by atoms with Crippen LogP contribution in [0.15, 0.2) is 54.6 Å². The fourth-order valence-electron chi connectivity index (χ4n) is 2.79. The van der Waals surface area contributed by atoms with Gasteiger partial charge in [0.25, 0.3) is 0 Å². The molecule has 0 saturated heterocycles. The minimum atomic E-state index is -0.640. The number of carbonyl (C=O) groups is 1. The van der Waals surface area contributed by atoms with E-state index in [1.54, 1.807) is 6.92 Å². The van der Waals surface area contributed by atoms with Gasteiger partial charge in [-0.25, -0.2) is 0 Å². The molecule has 0 aliphatic carbocycles. The fraction of sp³-hybridized carbons (Fsp3) is 0.211. The van der Waals surface area contributed by atoms with Crippen LogP contribution in [0.4, 0.5) is 0 Å². The van der Waals surface area contributed by atoms with Crippen LogP contribution in [-0.2, 0) is 17.8 Å². The zero-order valence-corrected chi connectivity index (χ0v) is 13.0. The van der Waals surface area contributed by atoms with Crippen LogP contribution in [0.2, 0.25) is 0 Å². The number of hydrogen-bond acceptors (Lipinski definition) is 2. The van der Waals surface area contributed by atoms with E-state index in [9.17, 15) is 9.90 Å². The minimum absolute atomic E-state index is 0.0551. The molecule has 0 saturated carbocycles. The Morgan fingerprint density at radius 3 is 2.57 bits per heavy atom. The van der Waals surface area contributed by atoms with E-state index in [1.807, 2.05) is 54.6 Å². The first kappa shape index (κ1) is 15.3. The third kappa shape index (κ3) is 3.43. The second-order valence-electron chi connectivity index (χ2n) is 5.68. The fourth-order valence-corrected chi connectivity index (χ4v) is 2.79. The van der Waals surface area contributed by atoms with E-state index in [-0.39, 0.29) is 12.3 Å². The van der Waals surface area contributed by atoms with Crippen molar-refractivity contribution >= 4 is 16.8 Å². The number of H-pyrrole nitrogens is 1. The average Bonchev–Trinajstić information content (AvgIpc) is 2.93. The highest BCUT2D eigenvalue weighted by Crippen LogP contribution is 2.27. The summed E-state index contributed by atoms with van der Waals surface area (Å²) >= 11 is 0. The molecule has 3 rings (SSSR count). The number of carbonyl (C=O) groups excluding carboxylic acids is 1. The molecule has 0 aliphatic heterocycles. The van der Waals surface area contributed by atoms with E-state index in [0.29, 0.717) is 12.2 Å². The molecule has 23 heavy (non-hydrogen) atoms. The molecule has 3 N–H and O–H groups in total. The molecule has 118 valence electrons. The molecule has 1 amide bonds. The van der Waals surface area contributed by atoms with E-state index >= 15 is 0 Å². The predicted octanol–water partition coefficient (Wildman–Crippen LogP) is 3.08. The lowest BCUT2D eigenvalue weighted by Crippen LogP contribution is -2.25. The van der Waals surface area contributed by atoms with Crippen LogP contribution in [0.5, 0.6) is 0 Å². The number of aliphatic hydroxyl groups is 1. The van der Waals surface area contributed by atoms with E-state index in [2.05, 4.69) is 10.3 Å². The quantitative estimate of drug-likeness (QED) is 0.678. The summed E-state index contributed by atoms with van der Waals surface area (Å²) in [7, 11) is 0. The summed E-state index contributed by atoms with van der Waals surface area (Å²) in [6.45, 7) is 2.21. The number of aromatic amines is 1. The molecule has 1 unspecified atom stereocenters. The molecular weight excluding hydrogens is 288 g/mol. The van der Waals surface area contributed by atoms with Gasteiger partial charge in [0.1, 0.15) is 0 Å². The number of benzene rings is 2. The van der Waals surface area contributed by atoms with E-state index in [0.717, 1.165) is 22.0 Å². The topological polar surface area (TPSA) is 65.1 Å². The maximum Gasteiger partial charge on any atom is 0.224 e. The van der Waals surface area contributed by atoms with Gasteiger partial charge in [0.2, 0.25) is 5.91 Å². The number of nitrogens with one attached hydrogen (secondary N) is 2. The first-order chi connectivity index (χ1) is 11.1. The van der Waals surface area contributed by atoms with Crippen LogP contribution in [-0.4, -0.2) is 16.0 Å². The SMILES string of the molecule is CC(O)c1[nH]c2ccccc2c1CC(=O)NCc1ccccc1. The average molecular weight is 308 g/mol. The molecule has 0 aliphatic rings. The number of aliphatic hydroxyl groups excluding tert-OH is 1. The van der Waals surface area contributed by atoms with Gasteiger partial charge in [0, 0.05) is 23.1 Å². The molecule has 0 fully saturated rings. The van der Waals surface area contributed by atoms with E-state index < -0.39 is 6.10 Å². The monoisotopic (exact) mass is 308 g/mol. The van der Waals surface area contributed by atoms with Crippen LogP contribution in [0.25, 0.3) is 10.9 Å². The Morgan fingerprint density at radius 1 is 1.13 bits per heavy atom. The zero-order valence-electron chi connectivity index (χ0n) is 13.0. The maximum absolute atomic E-state index is 12.3. The van der Waals surface area contributed by atoms with Gasteiger partial charge in [-0.3, -0.25) is 4.79 Å². The summed E-state index contributed by atoms with van der Waals surface area (Å²) in [6.07, 6.45) is -0.392. The van der Waals surface area contributed by atoms with Crippen LogP contribution in [0.3, 0.4) is 0 Å². The van der Waals surface area contributed by atoms with Crippen LogP contribution < -0.4 is 5.32 Å². The van der Waals surface area contributed by atoms with Crippen molar-refractivity contribution in [3.8, 4) is 0 Å². The summed E-state index contributed by atoms with van der Waals surface area (Å²) in [5.41, 5.74) is 3.58. The van der Waals surface area contributed by atoms with Gasteiger partial charge in [0.15, 0.2) is 0 Å². The zero-order chi connectivity index (χ0) is 16.2. The highest BCUT2D eigenvalue weighted by atomic mass is 16.3. The van der Waals surface area contributed by atoms with Crippen molar-refractivity contribution in [3.05, 3.63) is 71.4 Å². The first-order valence-electron chi connectivity index (χ1n) is 7.73. The summed E-state index contributed by atoms with van der Waals surface area (Å²) < 4.78 is 0. The van der Waals surface area contributed by atoms with Crippen molar-refractivity contribution in [2.75, 3.05) is 0 Å². The summed E-state index contributed by atoms with van der Waals surface area (Å²) in [6, 6.07) is 17.6. The highest BCUT2D eigenvalue weighted by molar-refractivity contribution is 5.90. The van der Waals surface area contributed by atoms with Crippen molar-refractivity contribution in [1.82, 2.24) is 10.3 Å². The number of rotatable bonds is 5. The Morgan fingerprint density at radius 2 is 1.83 bits per heavy atom. The van der Waals surface area contributed by atoms with Crippen LogP contribution in [0.1, 0.15) is 29.8 Å². The lowest BCUT2D eigenvalue weighted by atomic mass is 10.0. The number of hydrogen-bond donors (Lipinski definition) is 3.